The van der Waals surface area contributed by atoms with E-state index in [1.165, 1.54) is 16.8 Å². The summed E-state index contributed by atoms with van der Waals surface area (Å²) in [7, 11) is 0. The predicted octanol–water partition coefficient (Wildman–Crippen LogP) is 3.61. The minimum atomic E-state index is 0.615. The fourth-order valence-corrected chi connectivity index (χ4v) is 3.71. The maximum Gasteiger partial charge on any atom is 0.0397 e. The van der Waals surface area contributed by atoms with Crippen molar-refractivity contribution < 1.29 is 0 Å². The standard InChI is InChI=1S/C17H28N2/c1-12(2)19-15(5)10-18(11-16(19)6)17-8-7-13(3)9-14(17)4/h7-9,12,15-16H,10-11H2,1-6H3. The number of anilines is 1. The smallest absolute Gasteiger partial charge is 0.0397 e. The van der Waals surface area contributed by atoms with Gasteiger partial charge in [0.05, 0.1) is 0 Å². The lowest BCUT2D eigenvalue weighted by Gasteiger charge is -2.47. The highest BCUT2D eigenvalue weighted by Crippen LogP contribution is 2.27. The van der Waals surface area contributed by atoms with E-state index in [2.05, 4.69) is 69.5 Å². The molecule has 0 bridgehead atoms. The highest BCUT2D eigenvalue weighted by atomic mass is 15.3. The summed E-state index contributed by atoms with van der Waals surface area (Å²) in [6, 6.07) is 8.67. The van der Waals surface area contributed by atoms with E-state index < -0.39 is 0 Å². The molecule has 2 atom stereocenters. The van der Waals surface area contributed by atoms with Crippen molar-refractivity contribution in [3.05, 3.63) is 29.3 Å². The van der Waals surface area contributed by atoms with Crippen LogP contribution in [0.25, 0.3) is 0 Å². The van der Waals surface area contributed by atoms with Crippen LogP contribution < -0.4 is 4.90 Å². The minimum absolute atomic E-state index is 0.615. The Morgan fingerprint density at radius 2 is 1.63 bits per heavy atom. The van der Waals surface area contributed by atoms with Crippen LogP contribution in [0.3, 0.4) is 0 Å². The molecule has 2 nitrogen and oxygen atoms in total. The number of nitrogens with zero attached hydrogens (tertiary/aromatic N) is 2. The second kappa shape index (κ2) is 5.54. The summed E-state index contributed by atoms with van der Waals surface area (Å²) >= 11 is 0. The van der Waals surface area contributed by atoms with Crippen LogP contribution in [0, 0.1) is 13.8 Å². The maximum absolute atomic E-state index is 2.64. The third kappa shape index (κ3) is 2.94. The summed E-state index contributed by atoms with van der Waals surface area (Å²) in [5, 5.41) is 0. The second-order valence-corrected chi connectivity index (χ2v) is 6.43. The molecule has 0 radical (unpaired) electrons. The molecule has 0 spiro atoms. The van der Waals surface area contributed by atoms with Crippen LogP contribution in [-0.4, -0.2) is 36.1 Å². The number of rotatable bonds is 2. The molecular formula is C17H28N2. The molecule has 2 rings (SSSR count). The molecule has 1 aromatic rings. The van der Waals surface area contributed by atoms with E-state index in [4.69, 9.17) is 0 Å². The molecule has 1 heterocycles. The molecule has 0 aromatic heterocycles. The Morgan fingerprint density at radius 3 is 2.11 bits per heavy atom. The summed E-state index contributed by atoms with van der Waals surface area (Å²) in [6.07, 6.45) is 0. The van der Waals surface area contributed by atoms with Crippen molar-refractivity contribution in [3.63, 3.8) is 0 Å². The summed E-state index contributed by atoms with van der Waals surface area (Å²) in [4.78, 5) is 5.20. The normalized spacial score (nSPS) is 25.1. The Hall–Kier alpha value is -1.02. The number of benzene rings is 1. The molecule has 1 aliphatic heterocycles. The first kappa shape index (κ1) is 14.4. The lowest BCUT2D eigenvalue weighted by Crippen LogP contribution is -2.59. The van der Waals surface area contributed by atoms with Gasteiger partial charge < -0.3 is 4.90 Å². The maximum atomic E-state index is 2.64. The van der Waals surface area contributed by atoms with Crippen molar-refractivity contribution in [2.24, 2.45) is 0 Å². The van der Waals surface area contributed by atoms with E-state index in [9.17, 15) is 0 Å². The minimum Gasteiger partial charge on any atom is -0.368 e. The average Bonchev–Trinajstić information content (AvgIpc) is 2.26. The number of hydrogen-bond donors (Lipinski definition) is 0. The Labute approximate surface area is 118 Å². The van der Waals surface area contributed by atoms with Crippen LogP contribution in [0.15, 0.2) is 18.2 Å². The van der Waals surface area contributed by atoms with Crippen molar-refractivity contribution in [1.82, 2.24) is 4.90 Å². The fourth-order valence-electron chi connectivity index (χ4n) is 3.71. The molecule has 1 aromatic carbocycles. The highest BCUT2D eigenvalue weighted by molar-refractivity contribution is 5.55. The van der Waals surface area contributed by atoms with Crippen LogP contribution in [-0.2, 0) is 0 Å². The van der Waals surface area contributed by atoms with E-state index in [1.807, 2.05) is 0 Å². The topological polar surface area (TPSA) is 6.48 Å². The zero-order valence-electron chi connectivity index (χ0n) is 13.3. The van der Waals surface area contributed by atoms with Crippen LogP contribution in [0.5, 0.6) is 0 Å². The fraction of sp³-hybridized carbons (Fsp3) is 0.647. The van der Waals surface area contributed by atoms with Gasteiger partial charge in [0.15, 0.2) is 0 Å². The molecule has 1 aliphatic rings. The Balaban J connectivity index is 2.20. The molecule has 2 unspecified atom stereocenters. The molecule has 0 saturated carbocycles. The van der Waals surface area contributed by atoms with Crippen molar-refractivity contribution in [2.45, 2.75) is 59.7 Å². The van der Waals surface area contributed by atoms with Gasteiger partial charge >= 0.3 is 0 Å². The van der Waals surface area contributed by atoms with E-state index >= 15 is 0 Å². The molecule has 1 saturated heterocycles. The van der Waals surface area contributed by atoms with Crippen LogP contribution >= 0.6 is 0 Å². The molecule has 0 aliphatic carbocycles. The van der Waals surface area contributed by atoms with Crippen molar-refractivity contribution >= 4 is 5.69 Å². The van der Waals surface area contributed by atoms with Gasteiger partial charge in [0.25, 0.3) is 0 Å². The molecule has 0 N–H and O–H groups in total. The quantitative estimate of drug-likeness (QED) is 0.801. The van der Waals surface area contributed by atoms with Gasteiger partial charge in [-0.05, 0) is 53.2 Å². The van der Waals surface area contributed by atoms with Gasteiger partial charge in [0.1, 0.15) is 0 Å². The Bertz CT molecular complexity index is 427. The molecule has 0 amide bonds. The molecule has 19 heavy (non-hydrogen) atoms. The van der Waals surface area contributed by atoms with Gasteiger partial charge in [-0.1, -0.05) is 17.7 Å². The van der Waals surface area contributed by atoms with Crippen LogP contribution in [0.2, 0.25) is 0 Å². The largest absolute Gasteiger partial charge is 0.368 e. The third-order valence-corrected chi connectivity index (χ3v) is 4.28. The molecule has 1 fully saturated rings. The van der Waals surface area contributed by atoms with E-state index in [0.717, 1.165) is 13.1 Å². The first-order valence-corrected chi connectivity index (χ1v) is 7.49. The Kier molecular flexibility index (Phi) is 4.19. The summed E-state index contributed by atoms with van der Waals surface area (Å²) in [6.45, 7) is 16.0. The van der Waals surface area contributed by atoms with Gasteiger partial charge in [0, 0.05) is 36.9 Å². The van der Waals surface area contributed by atoms with Gasteiger partial charge in [-0.25, -0.2) is 0 Å². The van der Waals surface area contributed by atoms with Crippen LogP contribution in [0.1, 0.15) is 38.8 Å². The van der Waals surface area contributed by atoms with E-state index in [-0.39, 0.29) is 0 Å². The number of aryl methyl sites for hydroxylation is 2. The molecule has 106 valence electrons. The van der Waals surface area contributed by atoms with Crippen molar-refractivity contribution in [2.75, 3.05) is 18.0 Å². The summed E-state index contributed by atoms with van der Waals surface area (Å²) in [5.74, 6) is 0. The van der Waals surface area contributed by atoms with Gasteiger partial charge in [-0.3, -0.25) is 4.90 Å². The lowest BCUT2D eigenvalue weighted by molar-refractivity contribution is 0.0954. The van der Waals surface area contributed by atoms with Gasteiger partial charge in [-0.2, -0.15) is 0 Å². The van der Waals surface area contributed by atoms with Gasteiger partial charge in [0.2, 0.25) is 0 Å². The number of hydrogen-bond acceptors (Lipinski definition) is 2. The second-order valence-electron chi connectivity index (χ2n) is 6.43. The first-order chi connectivity index (χ1) is 8.90. The Morgan fingerprint density at radius 1 is 1.05 bits per heavy atom. The van der Waals surface area contributed by atoms with Crippen molar-refractivity contribution in [3.8, 4) is 0 Å². The summed E-state index contributed by atoms with van der Waals surface area (Å²) in [5.41, 5.74) is 4.16. The summed E-state index contributed by atoms with van der Waals surface area (Å²) < 4.78 is 0. The van der Waals surface area contributed by atoms with Crippen LogP contribution in [0.4, 0.5) is 5.69 Å². The first-order valence-electron chi connectivity index (χ1n) is 7.49. The van der Waals surface area contributed by atoms with Crippen molar-refractivity contribution in [1.29, 1.82) is 0 Å². The predicted molar refractivity (Wildman–Crippen MR) is 84.0 cm³/mol. The SMILES string of the molecule is Cc1ccc(N2CC(C)N(C(C)C)C(C)C2)c(C)c1. The molecular weight excluding hydrogens is 232 g/mol. The van der Waals surface area contributed by atoms with E-state index in [0.29, 0.717) is 18.1 Å². The third-order valence-electron chi connectivity index (χ3n) is 4.28. The zero-order chi connectivity index (χ0) is 14.2. The number of piperazine rings is 1. The zero-order valence-corrected chi connectivity index (χ0v) is 13.3. The van der Waals surface area contributed by atoms with E-state index in [1.54, 1.807) is 0 Å². The monoisotopic (exact) mass is 260 g/mol. The highest BCUT2D eigenvalue weighted by Gasteiger charge is 2.31. The average molecular weight is 260 g/mol. The lowest BCUT2D eigenvalue weighted by atomic mass is 10.0. The van der Waals surface area contributed by atoms with Gasteiger partial charge in [-0.15, -0.1) is 0 Å². The molecule has 2 heteroatoms.